The Balaban J connectivity index is 1.61. The molecule has 6 heteroatoms. The highest BCUT2D eigenvalue weighted by Gasteiger charge is 2.08. The van der Waals surface area contributed by atoms with Gasteiger partial charge in [-0.15, -0.1) is 12.6 Å². The topological polar surface area (TPSA) is 63.6 Å². The molecule has 28 heavy (non-hydrogen) atoms. The van der Waals surface area contributed by atoms with E-state index >= 15 is 0 Å². The van der Waals surface area contributed by atoms with E-state index in [9.17, 15) is 5.11 Å². The van der Waals surface area contributed by atoms with Gasteiger partial charge in [0.05, 0.1) is 7.11 Å². The highest BCUT2D eigenvalue weighted by Crippen LogP contribution is 2.34. The minimum atomic E-state index is 0.0811. The number of pyridine rings is 1. The number of hydrogen-bond acceptors (Lipinski definition) is 6. The number of methoxy groups -OCH3 is 1. The molecular formula is C22H18N2O3S. The lowest BCUT2D eigenvalue weighted by molar-refractivity contribution is 0.374. The molecule has 0 aliphatic rings. The largest absolute Gasteiger partial charge is 0.504 e. The van der Waals surface area contributed by atoms with E-state index in [1.54, 1.807) is 30.5 Å². The van der Waals surface area contributed by atoms with E-state index in [2.05, 4.69) is 22.9 Å². The van der Waals surface area contributed by atoms with Crippen LogP contribution in [0.5, 0.6) is 23.0 Å². The first-order chi connectivity index (χ1) is 13.6. The van der Waals surface area contributed by atoms with Crippen LogP contribution in [0, 0.1) is 0 Å². The van der Waals surface area contributed by atoms with Crippen LogP contribution in [-0.2, 0) is 0 Å². The second-order valence-electron chi connectivity index (χ2n) is 6.12. The second-order valence-corrected chi connectivity index (χ2v) is 6.60. The first-order valence-electron chi connectivity index (χ1n) is 8.63. The van der Waals surface area contributed by atoms with E-state index in [4.69, 9.17) is 9.47 Å². The molecule has 0 aliphatic heterocycles. The molecule has 3 aromatic carbocycles. The first-order valence-corrected chi connectivity index (χ1v) is 9.07. The smallest absolute Gasteiger partial charge is 0.162 e. The minimum absolute atomic E-state index is 0.0811. The van der Waals surface area contributed by atoms with Gasteiger partial charge in [0.15, 0.2) is 11.5 Å². The maximum atomic E-state index is 9.72. The third-order valence-corrected chi connectivity index (χ3v) is 4.66. The highest BCUT2D eigenvalue weighted by molar-refractivity contribution is 7.80. The first kappa shape index (κ1) is 18.0. The summed E-state index contributed by atoms with van der Waals surface area (Å²) < 4.78 is 11.2. The molecule has 5 nitrogen and oxygen atoms in total. The zero-order valence-corrected chi connectivity index (χ0v) is 16.0. The van der Waals surface area contributed by atoms with Crippen molar-refractivity contribution < 1.29 is 14.6 Å². The summed E-state index contributed by atoms with van der Waals surface area (Å²) >= 11 is 4.52. The quantitative estimate of drug-likeness (QED) is 0.298. The van der Waals surface area contributed by atoms with Crippen LogP contribution in [0.3, 0.4) is 0 Å². The molecule has 0 aliphatic carbocycles. The summed E-state index contributed by atoms with van der Waals surface area (Å²) in [5.41, 5.74) is 0.740. The van der Waals surface area contributed by atoms with Crippen LogP contribution in [-0.4, -0.2) is 17.2 Å². The van der Waals surface area contributed by atoms with Crippen molar-refractivity contribution in [3.8, 4) is 23.0 Å². The normalized spacial score (nSPS) is 10.6. The maximum Gasteiger partial charge on any atom is 0.162 e. The molecular weight excluding hydrogens is 372 g/mol. The Kier molecular flexibility index (Phi) is 4.95. The van der Waals surface area contributed by atoms with E-state index in [0.717, 1.165) is 27.1 Å². The number of nitrogens with zero attached hydrogens (tertiary/aromatic N) is 1. The number of nitrogens with one attached hydrogen (secondary N) is 1. The summed E-state index contributed by atoms with van der Waals surface area (Å²) in [4.78, 5) is 5.23. The Morgan fingerprint density at radius 2 is 1.75 bits per heavy atom. The van der Waals surface area contributed by atoms with Gasteiger partial charge in [0.25, 0.3) is 0 Å². The SMILES string of the molecule is COc1cc(Nc2cc(Oc3ccc(S)c4ccccc34)ccn2)ccc1O. The fourth-order valence-corrected chi connectivity index (χ4v) is 3.19. The number of ether oxygens (including phenoxy) is 2. The zero-order valence-electron chi connectivity index (χ0n) is 15.1. The number of thiol groups is 1. The van der Waals surface area contributed by atoms with Crippen LogP contribution in [0.2, 0.25) is 0 Å². The number of fused-ring (bicyclic) bond motifs is 1. The van der Waals surface area contributed by atoms with E-state index in [-0.39, 0.29) is 5.75 Å². The molecule has 0 saturated carbocycles. The highest BCUT2D eigenvalue weighted by atomic mass is 32.1. The van der Waals surface area contributed by atoms with Gasteiger partial charge >= 0.3 is 0 Å². The maximum absolute atomic E-state index is 9.72. The summed E-state index contributed by atoms with van der Waals surface area (Å²) in [6.45, 7) is 0. The molecule has 0 saturated heterocycles. The molecule has 1 aromatic heterocycles. The van der Waals surface area contributed by atoms with Crippen LogP contribution >= 0.6 is 12.6 Å². The zero-order chi connectivity index (χ0) is 19.5. The predicted octanol–water partition coefficient (Wildman–Crippen LogP) is 5.77. The van der Waals surface area contributed by atoms with Crippen molar-refractivity contribution >= 4 is 34.9 Å². The molecule has 140 valence electrons. The van der Waals surface area contributed by atoms with Gasteiger partial charge in [0, 0.05) is 34.3 Å². The molecule has 4 aromatic rings. The van der Waals surface area contributed by atoms with Gasteiger partial charge < -0.3 is 19.9 Å². The molecule has 0 spiro atoms. The summed E-state index contributed by atoms with van der Waals surface area (Å²) in [6.07, 6.45) is 1.67. The fourth-order valence-electron chi connectivity index (χ4n) is 2.92. The molecule has 0 unspecified atom stereocenters. The van der Waals surface area contributed by atoms with E-state index in [1.807, 2.05) is 42.5 Å². The molecule has 0 radical (unpaired) electrons. The number of anilines is 2. The van der Waals surface area contributed by atoms with E-state index < -0.39 is 0 Å². The fraction of sp³-hybridized carbons (Fsp3) is 0.0455. The number of aromatic hydroxyl groups is 1. The molecule has 2 N–H and O–H groups in total. The van der Waals surface area contributed by atoms with Crippen LogP contribution in [0.1, 0.15) is 0 Å². The molecule has 0 fully saturated rings. The van der Waals surface area contributed by atoms with E-state index in [0.29, 0.717) is 17.3 Å². The molecule has 0 amide bonds. The lowest BCUT2D eigenvalue weighted by atomic mass is 10.1. The molecule has 0 bridgehead atoms. The van der Waals surface area contributed by atoms with Crippen LogP contribution in [0.25, 0.3) is 10.8 Å². The van der Waals surface area contributed by atoms with Crippen molar-refractivity contribution in [2.75, 3.05) is 12.4 Å². The Labute approximate surface area is 168 Å². The number of hydrogen-bond donors (Lipinski definition) is 3. The molecule has 0 atom stereocenters. The Morgan fingerprint density at radius 3 is 2.57 bits per heavy atom. The third-order valence-electron chi connectivity index (χ3n) is 4.27. The number of phenolic OH excluding ortho intramolecular Hbond substituents is 1. The van der Waals surface area contributed by atoms with Crippen molar-refractivity contribution in [2.45, 2.75) is 4.90 Å². The van der Waals surface area contributed by atoms with Gasteiger partial charge in [-0.05, 0) is 35.7 Å². The summed E-state index contributed by atoms with van der Waals surface area (Å²) in [7, 11) is 1.51. The van der Waals surface area contributed by atoms with Gasteiger partial charge in [-0.3, -0.25) is 0 Å². The summed E-state index contributed by atoms with van der Waals surface area (Å²) in [6, 6.07) is 20.4. The van der Waals surface area contributed by atoms with Crippen LogP contribution < -0.4 is 14.8 Å². The number of rotatable bonds is 5. The summed E-state index contributed by atoms with van der Waals surface area (Å²) in [5, 5.41) is 14.9. The van der Waals surface area contributed by atoms with Crippen molar-refractivity contribution in [1.82, 2.24) is 4.98 Å². The van der Waals surface area contributed by atoms with Crippen molar-refractivity contribution in [3.05, 3.63) is 72.9 Å². The van der Waals surface area contributed by atoms with Crippen molar-refractivity contribution in [2.24, 2.45) is 0 Å². The minimum Gasteiger partial charge on any atom is -0.504 e. The van der Waals surface area contributed by atoms with Crippen molar-refractivity contribution in [3.63, 3.8) is 0 Å². The average molecular weight is 390 g/mol. The summed E-state index contributed by atoms with van der Waals surface area (Å²) in [5.74, 6) is 2.48. The third kappa shape index (κ3) is 3.68. The molecule has 1 heterocycles. The van der Waals surface area contributed by atoms with E-state index in [1.165, 1.54) is 7.11 Å². The Bertz CT molecular complexity index is 1150. The lowest BCUT2D eigenvalue weighted by Gasteiger charge is -2.12. The number of aromatic nitrogens is 1. The van der Waals surface area contributed by atoms with Crippen molar-refractivity contribution in [1.29, 1.82) is 0 Å². The number of phenols is 1. The van der Waals surface area contributed by atoms with Gasteiger partial charge in [0.2, 0.25) is 0 Å². The van der Waals surface area contributed by atoms with Gasteiger partial charge in [-0.2, -0.15) is 0 Å². The predicted molar refractivity (Wildman–Crippen MR) is 113 cm³/mol. The average Bonchev–Trinajstić information content (AvgIpc) is 2.72. The molecule has 4 rings (SSSR count). The number of benzene rings is 3. The van der Waals surface area contributed by atoms with Crippen LogP contribution in [0.4, 0.5) is 11.5 Å². The van der Waals surface area contributed by atoms with Gasteiger partial charge in [-0.1, -0.05) is 24.3 Å². The van der Waals surface area contributed by atoms with Gasteiger partial charge in [-0.25, -0.2) is 4.98 Å². The standard InChI is InChI=1S/C22H18N2O3S/c1-26-20-12-14(6-7-18(20)25)24-22-13-15(10-11-23-22)27-19-8-9-21(28)17-5-3-2-4-16(17)19/h2-13,25,28H,1H3,(H,23,24). The lowest BCUT2D eigenvalue weighted by Crippen LogP contribution is -1.95. The van der Waals surface area contributed by atoms with Gasteiger partial charge in [0.1, 0.15) is 17.3 Å². The second kappa shape index (κ2) is 7.70. The van der Waals surface area contributed by atoms with Crippen LogP contribution in [0.15, 0.2) is 77.8 Å². The Hall–Kier alpha value is -3.38. The Morgan fingerprint density at radius 1 is 0.929 bits per heavy atom. The monoisotopic (exact) mass is 390 g/mol.